The number of hydrogen-bond acceptors (Lipinski definition) is 7. The lowest BCUT2D eigenvalue weighted by molar-refractivity contribution is -0.138. The number of carbonyl (C=O) groups is 1. The topological polar surface area (TPSA) is 115 Å². The van der Waals surface area contributed by atoms with Crippen LogP contribution in [-0.4, -0.2) is 72.1 Å². The highest BCUT2D eigenvalue weighted by atomic mass is 127. The SMILES string of the molecule is C[C@@H]1CN(c2cc(F)c(C3=CCC(S(=O)(=O)CI)NC3)cc2NC(=O)c2c[nH]c(=O)cc2C(F)(F)F)C[C@H](C)N1C. The third-order valence-corrected chi connectivity index (χ3v) is 11.7. The molecule has 0 bridgehead atoms. The van der Waals surface area contributed by atoms with Gasteiger partial charge in [-0.1, -0.05) is 28.7 Å². The van der Waals surface area contributed by atoms with Crippen molar-refractivity contribution < 1.29 is 30.8 Å². The van der Waals surface area contributed by atoms with Crippen LogP contribution < -0.4 is 21.1 Å². The smallest absolute Gasteiger partial charge is 0.367 e. The number of aromatic amines is 1. The second kappa shape index (κ2) is 12.0. The number of halogens is 5. The van der Waals surface area contributed by atoms with Gasteiger partial charge in [0.05, 0.1) is 22.5 Å². The van der Waals surface area contributed by atoms with Crippen molar-refractivity contribution in [3.8, 4) is 0 Å². The number of alkyl halides is 4. The molecule has 9 nitrogen and oxygen atoms in total. The number of hydrogen-bond donors (Lipinski definition) is 3. The zero-order valence-corrected chi connectivity index (χ0v) is 25.5. The fraction of sp³-hybridized carbons (Fsp3) is 0.462. The van der Waals surface area contributed by atoms with E-state index in [4.69, 9.17) is 0 Å². The van der Waals surface area contributed by atoms with Crippen molar-refractivity contribution in [2.45, 2.75) is 43.9 Å². The molecule has 0 radical (unpaired) electrons. The lowest BCUT2D eigenvalue weighted by Crippen LogP contribution is -2.55. The van der Waals surface area contributed by atoms with Crippen LogP contribution in [0.15, 0.2) is 35.3 Å². The molecule has 1 saturated heterocycles. The lowest BCUT2D eigenvalue weighted by atomic mass is 9.99. The first kappa shape index (κ1) is 31.4. The van der Waals surface area contributed by atoms with Crippen molar-refractivity contribution in [3.05, 3.63) is 63.3 Å². The van der Waals surface area contributed by atoms with Gasteiger partial charge in [-0.05, 0) is 45.0 Å². The normalized spacial score (nSPS) is 22.4. The second-order valence-corrected chi connectivity index (χ2v) is 14.3. The monoisotopic (exact) mass is 711 g/mol. The number of carbonyl (C=O) groups excluding carboxylic acids is 1. The van der Waals surface area contributed by atoms with Gasteiger partial charge in [0.15, 0.2) is 9.84 Å². The van der Waals surface area contributed by atoms with Crippen molar-refractivity contribution in [2.75, 3.05) is 40.7 Å². The van der Waals surface area contributed by atoms with Crippen LogP contribution in [0.2, 0.25) is 0 Å². The first-order chi connectivity index (χ1) is 19.1. The van der Waals surface area contributed by atoms with Gasteiger partial charge in [-0.3, -0.25) is 19.8 Å². The summed E-state index contributed by atoms with van der Waals surface area (Å²) in [4.78, 5) is 30.9. The zero-order valence-electron chi connectivity index (χ0n) is 22.5. The van der Waals surface area contributed by atoms with E-state index in [0.717, 1.165) is 0 Å². The molecule has 41 heavy (non-hydrogen) atoms. The van der Waals surface area contributed by atoms with Crippen molar-refractivity contribution in [2.24, 2.45) is 0 Å². The molecule has 2 aromatic rings. The molecule has 0 saturated carbocycles. The van der Waals surface area contributed by atoms with Gasteiger partial charge in [0.25, 0.3) is 5.91 Å². The first-order valence-electron chi connectivity index (χ1n) is 12.7. The third kappa shape index (κ3) is 6.78. The maximum absolute atomic E-state index is 15.6. The van der Waals surface area contributed by atoms with Crippen LogP contribution in [0.5, 0.6) is 0 Å². The van der Waals surface area contributed by atoms with Gasteiger partial charge in [-0.15, -0.1) is 0 Å². The Morgan fingerprint density at radius 3 is 2.39 bits per heavy atom. The highest BCUT2D eigenvalue weighted by molar-refractivity contribution is 14.1. The fourth-order valence-electron chi connectivity index (χ4n) is 5.04. The highest BCUT2D eigenvalue weighted by Gasteiger charge is 2.36. The van der Waals surface area contributed by atoms with Crippen LogP contribution in [0, 0.1) is 5.82 Å². The van der Waals surface area contributed by atoms with E-state index in [1.807, 2.05) is 25.8 Å². The Bertz CT molecular complexity index is 1520. The number of rotatable bonds is 6. The molecular weight excluding hydrogens is 681 g/mol. The fourth-order valence-corrected chi connectivity index (χ4v) is 7.22. The number of amides is 1. The average Bonchev–Trinajstić information content (AvgIpc) is 2.91. The Balaban J connectivity index is 1.77. The van der Waals surface area contributed by atoms with Gasteiger partial charge in [0, 0.05) is 49.5 Å². The standard InChI is InChI=1S/C26H30F4IN5O4S/c1-14-11-36(12-15(2)35(14)3)22-8-20(27)17(16-4-5-24(33-9-16)41(39,40)13-31)6-21(22)34-25(38)18-10-32-23(37)7-19(18)26(28,29)30/h4,6-8,10,14-15,24,33H,5,9,11-13H2,1-3H3,(H,32,37)(H,34,38)/t14-,15+,24?. The van der Waals surface area contributed by atoms with Gasteiger partial charge >= 0.3 is 6.18 Å². The van der Waals surface area contributed by atoms with Gasteiger partial charge in [-0.2, -0.15) is 13.2 Å². The summed E-state index contributed by atoms with van der Waals surface area (Å²) < 4.78 is 81.1. The minimum absolute atomic E-state index is 0.0326. The summed E-state index contributed by atoms with van der Waals surface area (Å²) in [6, 6.07) is 3.03. The molecule has 1 amide bonds. The van der Waals surface area contributed by atoms with Gasteiger partial charge in [0.2, 0.25) is 5.56 Å². The Morgan fingerprint density at radius 2 is 1.83 bits per heavy atom. The number of H-pyrrole nitrogens is 1. The van der Waals surface area contributed by atoms with Crippen molar-refractivity contribution >= 4 is 55.3 Å². The Morgan fingerprint density at radius 1 is 1.17 bits per heavy atom. The number of sulfone groups is 1. The van der Waals surface area contributed by atoms with E-state index in [0.29, 0.717) is 36.6 Å². The molecule has 1 aromatic heterocycles. The molecular formula is C26H30F4IN5O4S. The van der Waals surface area contributed by atoms with E-state index in [1.54, 1.807) is 28.7 Å². The third-order valence-electron chi connectivity index (χ3n) is 7.54. The molecule has 2 aliphatic rings. The van der Waals surface area contributed by atoms with Crippen molar-refractivity contribution in [1.29, 1.82) is 0 Å². The second-order valence-electron chi connectivity index (χ2n) is 10.3. The molecule has 0 aliphatic carbocycles. The molecule has 3 N–H and O–H groups in total. The molecule has 1 aromatic carbocycles. The van der Waals surface area contributed by atoms with Gasteiger partial charge in [-0.25, -0.2) is 12.8 Å². The van der Waals surface area contributed by atoms with E-state index in [9.17, 15) is 31.2 Å². The van der Waals surface area contributed by atoms with Gasteiger partial charge in [0.1, 0.15) is 15.0 Å². The maximum Gasteiger partial charge on any atom is 0.417 e. The van der Waals surface area contributed by atoms with E-state index in [-0.39, 0.29) is 40.1 Å². The van der Waals surface area contributed by atoms with Crippen LogP contribution in [-0.2, 0) is 16.0 Å². The Hall–Kier alpha value is -2.50. The summed E-state index contributed by atoms with van der Waals surface area (Å²) in [6.07, 6.45) is -2.55. The molecule has 0 spiro atoms. The lowest BCUT2D eigenvalue weighted by Gasteiger charge is -2.44. The zero-order chi connectivity index (χ0) is 30.3. The summed E-state index contributed by atoms with van der Waals surface area (Å²) in [6.45, 7) is 4.94. The molecule has 1 unspecified atom stereocenters. The minimum atomic E-state index is -4.96. The van der Waals surface area contributed by atoms with Crippen LogP contribution >= 0.6 is 22.6 Å². The van der Waals surface area contributed by atoms with Gasteiger partial charge < -0.3 is 15.2 Å². The number of benzene rings is 1. The predicted octanol–water partition coefficient (Wildman–Crippen LogP) is 3.82. The first-order valence-corrected chi connectivity index (χ1v) is 16.0. The van der Waals surface area contributed by atoms with E-state index in [1.165, 1.54) is 12.1 Å². The van der Waals surface area contributed by atoms with Crippen molar-refractivity contribution in [1.82, 2.24) is 15.2 Å². The summed E-state index contributed by atoms with van der Waals surface area (Å²) in [7, 11) is -1.43. The summed E-state index contributed by atoms with van der Waals surface area (Å²) in [5, 5.41) is 4.60. The maximum atomic E-state index is 15.6. The molecule has 4 rings (SSSR count). The number of likely N-dealkylation sites (N-methyl/N-ethyl adjacent to an activating group) is 1. The van der Waals surface area contributed by atoms with Crippen LogP contribution in [0.1, 0.15) is 41.8 Å². The number of aromatic nitrogens is 1. The number of nitrogens with zero attached hydrogens (tertiary/aromatic N) is 2. The molecule has 15 heteroatoms. The van der Waals surface area contributed by atoms with E-state index < -0.39 is 49.8 Å². The largest absolute Gasteiger partial charge is 0.417 e. The number of piperazine rings is 1. The number of nitrogens with one attached hydrogen (secondary N) is 3. The molecule has 224 valence electrons. The van der Waals surface area contributed by atoms with Crippen LogP contribution in [0.25, 0.3) is 5.57 Å². The Labute approximate surface area is 248 Å². The average molecular weight is 712 g/mol. The number of anilines is 2. The molecule has 2 aliphatic heterocycles. The van der Waals surface area contributed by atoms with Crippen molar-refractivity contribution in [3.63, 3.8) is 0 Å². The highest BCUT2D eigenvalue weighted by Crippen LogP contribution is 2.36. The van der Waals surface area contributed by atoms with E-state index in [2.05, 4.69) is 20.5 Å². The summed E-state index contributed by atoms with van der Waals surface area (Å²) >= 11 is 1.77. The quantitative estimate of drug-likeness (QED) is 0.237. The molecule has 1 fully saturated rings. The molecule has 3 atom stereocenters. The minimum Gasteiger partial charge on any atom is -0.367 e. The molecule has 3 heterocycles. The number of pyridine rings is 1. The summed E-state index contributed by atoms with van der Waals surface area (Å²) in [5.74, 6) is -1.76. The summed E-state index contributed by atoms with van der Waals surface area (Å²) in [5.41, 5.74) is -2.31. The predicted molar refractivity (Wildman–Crippen MR) is 158 cm³/mol. The van der Waals surface area contributed by atoms with E-state index >= 15 is 4.39 Å². The Kier molecular flexibility index (Phi) is 9.21. The van der Waals surface area contributed by atoms with Crippen LogP contribution in [0.3, 0.4) is 0 Å². The van der Waals surface area contributed by atoms with Crippen LogP contribution in [0.4, 0.5) is 28.9 Å².